The fourth-order valence-corrected chi connectivity index (χ4v) is 11.5. The third kappa shape index (κ3) is 5.61. The smallest absolute Gasteiger partial charge is 0.135 e. The first-order chi connectivity index (χ1) is 32.7. The van der Waals surface area contributed by atoms with Crippen LogP contribution in [0.1, 0.15) is 38.2 Å². The Bertz CT molecular complexity index is 4140. The van der Waals surface area contributed by atoms with E-state index < -0.39 is 0 Å². The van der Waals surface area contributed by atoms with Crippen LogP contribution in [0.4, 0.5) is 0 Å². The number of para-hydroxylation sites is 1. The SMILES string of the molecule is CCCCCCc1ccc(-n2c3ccccc3c3cc4c5ccc(-c6ccc7oc8ccc(-c9ccc%10c(c9)-c9cccc%11cccc-%10c9%11)cc8c7c6)cc5c5ccccc5c4cc32)cc1. The van der Waals surface area contributed by atoms with Gasteiger partial charge >= 0.3 is 0 Å². The zero-order valence-corrected chi connectivity index (χ0v) is 36.9. The van der Waals surface area contributed by atoms with E-state index in [0.717, 1.165) is 28.4 Å². The Kier molecular flexibility index (Phi) is 8.25. The highest BCUT2D eigenvalue weighted by molar-refractivity contribution is 6.29. The first-order valence-corrected chi connectivity index (χ1v) is 23.7. The molecule has 13 aromatic rings. The van der Waals surface area contributed by atoms with Crippen molar-refractivity contribution in [2.75, 3.05) is 0 Å². The molecule has 0 atom stereocenters. The minimum Gasteiger partial charge on any atom is -0.456 e. The molecule has 66 heavy (non-hydrogen) atoms. The summed E-state index contributed by atoms with van der Waals surface area (Å²) in [5.41, 5.74) is 16.9. The number of fused-ring (bicyclic) bond motifs is 15. The summed E-state index contributed by atoms with van der Waals surface area (Å²) in [5.74, 6) is 0. The van der Waals surface area contributed by atoms with Gasteiger partial charge in [-0.3, -0.25) is 0 Å². The number of hydrogen-bond acceptors (Lipinski definition) is 1. The van der Waals surface area contributed by atoms with Crippen molar-refractivity contribution < 1.29 is 4.42 Å². The van der Waals surface area contributed by atoms with E-state index in [9.17, 15) is 0 Å². The summed E-state index contributed by atoms with van der Waals surface area (Å²) in [6.45, 7) is 2.28. The predicted molar refractivity (Wildman–Crippen MR) is 281 cm³/mol. The molecule has 1 aliphatic carbocycles. The van der Waals surface area contributed by atoms with Crippen LogP contribution >= 0.6 is 0 Å². The minimum absolute atomic E-state index is 0.903. The van der Waals surface area contributed by atoms with E-state index >= 15 is 0 Å². The third-order valence-electron chi connectivity index (χ3n) is 14.8. The molecule has 0 spiro atoms. The molecule has 0 N–H and O–H groups in total. The number of hydrogen-bond donors (Lipinski definition) is 0. The number of unbranched alkanes of at least 4 members (excludes halogenated alkanes) is 3. The maximum Gasteiger partial charge on any atom is 0.135 e. The van der Waals surface area contributed by atoms with Crippen molar-refractivity contribution in [1.82, 2.24) is 4.57 Å². The zero-order chi connectivity index (χ0) is 43.5. The summed E-state index contributed by atoms with van der Waals surface area (Å²) in [5, 5.41) is 15.1. The van der Waals surface area contributed by atoms with Crippen LogP contribution in [0.3, 0.4) is 0 Å². The third-order valence-corrected chi connectivity index (χ3v) is 14.8. The highest BCUT2D eigenvalue weighted by Crippen LogP contribution is 2.49. The van der Waals surface area contributed by atoms with Crippen LogP contribution in [-0.4, -0.2) is 4.57 Å². The molecule has 312 valence electrons. The number of benzene rings is 11. The largest absolute Gasteiger partial charge is 0.456 e. The quantitative estimate of drug-likeness (QED) is 0.110. The van der Waals surface area contributed by atoms with Gasteiger partial charge in [0.05, 0.1) is 11.0 Å². The van der Waals surface area contributed by atoms with Gasteiger partial charge in [0, 0.05) is 27.2 Å². The lowest BCUT2D eigenvalue weighted by atomic mass is 9.91. The van der Waals surface area contributed by atoms with E-state index in [2.05, 4.69) is 206 Å². The molecule has 0 radical (unpaired) electrons. The van der Waals surface area contributed by atoms with Gasteiger partial charge in [-0.15, -0.1) is 0 Å². The lowest BCUT2D eigenvalue weighted by Gasteiger charge is -2.14. The normalized spacial score (nSPS) is 12.3. The Labute approximate surface area is 383 Å². The van der Waals surface area contributed by atoms with E-state index in [1.807, 2.05) is 0 Å². The van der Waals surface area contributed by atoms with Crippen LogP contribution in [0, 0.1) is 0 Å². The van der Waals surface area contributed by atoms with Gasteiger partial charge in [-0.1, -0.05) is 154 Å². The maximum atomic E-state index is 6.49. The van der Waals surface area contributed by atoms with Gasteiger partial charge in [0.2, 0.25) is 0 Å². The minimum atomic E-state index is 0.903. The Morgan fingerprint density at radius 1 is 0.364 bits per heavy atom. The summed E-state index contributed by atoms with van der Waals surface area (Å²) in [6, 6.07) is 72.8. The van der Waals surface area contributed by atoms with Crippen molar-refractivity contribution >= 4 is 86.8 Å². The van der Waals surface area contributed by atoms with Crippen molar-refractivity contribution in [3.05, 3.63) is 200 Å². The second kappa shape index (κ2) is 14.5. The molecule has 0 amide bonds. The predicted octanol–water partition coefficient (Wildman–Crippen LogP) is 18.4. The van der Waals surface area contributed by atoms with Crippen LogP contribution in [0.5, 0.6) is 0 Å². The Morgan fingerprint density at radius 2 is 0.955 bits per heavy atom. The summed E-state index contributed by atoms with van der Waals surface area (Å²) in [6.07, 6.45) is 6.26. The Balaban J connectivity index is 0.881. The standard InChI is InChI=1S/C64H45NO/c1-2-3-4-5-12-39-21-27-45(28-22-39)65-60-20-9-8-17-50(60)57-37-55-49-30-24-41(33-53(49)46-15-6-7-16-47(46)56(55)38-61(57)65)43-25-31-62-58(35-43)59-36-44(26-32-63(59)66-62)42-23-29-48-51-18-10-13-40-14-11-19-52(64(40)51)54(48)34-42/h6-11,13-38H,2-5,12H2,1H3. The van der Waals surface area contributed by atoms with E-state index in [0.29, 0.717) is 0 Å². The van der Waals surface area contributed by atoms with Crippen LogP contribution in [0.25, 0.3) is 137 Å². The van der Waals surface area contributed by atoms with Gasteiger partial charge in [0.1, 0.15) is 11.2 Å². The molecule has 2 aromatic heterocycles. The van der Waals surface area contributed by atoms with E-state index in [1.165, 1.54) is 146 Å². The summed E-state index contributed by atoms with van der Waals surface area (Å²) < 4.78 is 8.95. The van der Waals surface area contributed by atoms with E-state index in [1.54, 1.807) is 0 Å². The Morgan fingerprint density at radius 3 is 1.68 bits per heavy atom. The Hall–Kier alpha value is -7.94. The molecule has 0 saturated heterocycles. The van der Waals surface area contributed by atoms with E-state index in [4.69, 9.17) is 4.42 Å². The molecule has 2 heteroatoms. The van der Waals surface area contributed by atoms with Gasteiger partial charge in [-0.25, -0.2) is 0 Å². The molecule has 1 aliphatic rings. The molecule has 0 fully saturated rings. The molecule has 0 aliphatic heterocycles. The van der Waals surface area contributed by atoms with Gasteiger partial charge < -0.3 is 8.98 Å². The van der Waals surface area contributed by atoms with Gasteiger partial charge in [0.15, 0.2) is 0 Å². The molecular formula is C64H45NO. The molecule has 2 heterocycles. The second-order valence-corrected chi connectivity index (χ2v) is 18.5. The number of nitrogens with zero attached hydrogens (tertiary/aromatic N) is 1. The number of rotatable bonds is 8. The zero-order valence-electron chi connectivity index (χ0n) is 36.9. The average Bonchev–Trinajstić information content (AvgIpc) is 4.02. The second-order valence-electron chi connectivity index (χ2n) is 18.5. The van der Waals surface area contributed by atoms with Crippen molar-refractivity contribution in [2.24, 2.45) is 0 Å². The fourth-order valence-electron chi connectivity index (χ4n) is 11.5. The summed E-state index contributed by atoms with van der Waals surface area (Å²) >= 11 is 0. The van der Waals surface area contributed by atoms with Crippen LogP contribution in [0.15, 0.2) is 199 Å². The van der Waals surface area contributed by atoms with Crippen molar-refractivity contribution in [3.8, 4) is 50.2 Å². The lowest BCUT2D eigenvalue weighted by molar-refractivity contribution is 0.667. The summed E-state index contributed by atoms with van der Waals surface area (Å²) in [7, 11) is 0. The van der Waals surface area contributed by atoms with Gasteiger partial charge in [0.25, 0.3) is 0 Å². The molecule has 0 unspecified atom stereocenters. The van der Waals surface area contributed by atoms with Crippen LogP contribution in [0.2, 0.25) is 0 Å². The average molecular weight is 844 g/mol. The van der Waals surface area contributed by atoms with Crippen LogP contribution < -0.4 is 0 Å². The van der Waals surface area contributed by atoms with Crippen molar-refractivity contribution in [2.45, 2.75) is 39.0 Å². The first-order valence-electron chi connectivity index (χ1n) is 23.7. The van der Waals surface area contributed by atoms with Crippen molar-refractivity contribution in [3.63, 3.8) is 0 Å². The monoisotopic (exact) mass is 843 g/mol. The highest BCUT2D eigenvalue weighted by Gasteiger charge is 2.22. The molecule has 0 saturated carbocycles. The summed E-state index contributed by atoms with van der Waals surface area (Å²) in [4.78, 5) is 0. The molecule has 11 aromatic carbocycles. The number of furan rings is 1. The van der Waals surface area contributed by atoms with E-state index in [-0.39, 0.29) is 0 Å². The molecule has 14 rings (SSSR count). The number of aromatic nitrogens is 1. The maximum absolute atomic E-state index is 6.49. The van der Waals surface area contributed by atoms with Crippen LogP contribution in [-0.2, 0) is 6.42 Å². The fraction of sp³-hybridized carbons (Fsp3) is 0.0938. The topological polar surface area (TPSA) is 18.1 Å². The lowest BCUT2D eigenvalue weighted by Crippen LogP contribution is -1.95. The van der Waals surface area contributed by atoms with Gasteiger partial charge in [-0.2, -0.15) is 0 Å². The van der Waals surface area contributed by atoms with Crippen molar-refractivity contribution in [1.29, 1.82) is 0 Å². The van der Waals surface area contributed by atoms with Gasteiger partial charge in [-0.05, 0) is 173 Å². The number of aryl methyl sites for hydroxylation is 1. The molecule has 0 bridgehead atoms. The molecular weight excluding hydrogens is 799 g/mol. The molecule has 2 nitrogen and oxygen atoms in total. The highest BCUT2D eigenvalue weighted by atomic mass is 16.3. The first kappa shape index (κ1) is 37.4.